The van der Waals surface area contributed by atoms with Gasteiger partial charge in [-0.25, -0.2) is 0 Å². The number of ether oxygens (including phenoxy) is 1. The molecule has 106 valence electrons. The van der Waals surface area contributed by atoms with Gasteiger partial charge in [-0.2, -0.15) is 0 Å². The summed E-state index contributed by atoms with van der Waals surface area (Å²) in [7, 11) is 2.19. The predicted molar refractivity (Wildman–Crippen MR) is 80.8 cm³/mol. The smallest absolute Gasteiger partial charge is 0.0670 e. The van der Waals surface area contributed by atoms with Gasteiger partial charge in [0.25, 0.3) is 0 Å². The van der Waals surface area contributed by atoms with E-state index in [9.17, 15) is 0 Å². The van der Waals surface area contributed by atoms with Crippen LogP contribution in [0.2, 0.25) is 0 Å². The molecule has 3 heteroatoms. The molecular weight excluding hydrogens is 236 g/mol. The van der Waals surface area contributed by atoms with E-state index in [1.165, 1.54) is 23.2 Å². The highest BCUT2D eigenvalue weighted by Crippen LogP contribution is 2.25. The third-order valence-electron chi connectivity index (χ3n) is 3.81. The number of likely N-dealkylation sites (N-methyl/N-ethyl adjacent to an activating group) is 1. The highest BCUT2D eigenvalue weighted by molar-refractivity contribution is 5.55. The lowest BCUT2D eigenvalue weighted by Gasteiger charge is -2.28. The number of nitrogens with one attached hydrogen (secondary N) is 1. The molecule has 1 aromatic carbocycles. The van der Waals surface area contributed by atoms with Crippen molar-refractivity contribution in [2.75, 3.05) is 31.7 Å². The van der Waals surface area contributed by atoms with Crippen LogP contribution in [0.15, 0.2) is 18.2 Å². The summed E-state index contributed by atoms with van der Waals surface area (Å²) < 4.78 is 5.50. The molecule has 1 heterocycles. The summed E-state index contributed by atoms with van der Waals surface area (Å²) in [4.78, 5) is 2.38. The molecule has 2 rings (SSSR count). The number of aryl methyl sites for hydroxylation is 1. The zero-order chi connectivity index (χ0) is 13.7. The predicted octanol–water partition coefficient (Wildman–Crippen LogP) is 2.72. The maximum atomic E-state index is 5.50. The Balaban J connectivity index is 2.12. The van der Waals surface area contributed by atoms with Crippen molar-refractivity contribution in [1.82, 2.24) is 5.32 Å². The summed E-state index contributed by atoms with van der Waals surface area (Å²) in [5.41, 5.74) is 4.06. The number of nitrogens with zero attached hydrogens (tertiary/aromatic N) is 1. The molecule has 1 fully saturated rings. The number of hydrogen-bond donors (Lipinski definition) is 1. The van der Waals surface area contributed by atoms with Crippen molar-refractivity contribution in [3.05, 3.63) is 29.3 Å². The normalized spacial score (nSPS) is 18.8. The van der Waals surface area contributed by atoms with Crippen molar-refractivity contribution >= 4 is 5.69 Å². The standard InChI is InChI=1S/C16H26N2O/c1-4-8-17-11-14-10-13(2)5-6-16(14)18(3)15-7-9-19-12-15/h5-6,10,15,17H,4,7-9,11-12H2,1-3H3. The second kappa shape index (κ2) is 6.92. The second-order valence-corrected chi connectivity index (χ2v) is 5.44. The molecule has 0 aliphatic carbocycles. The van der Waals surface area contributed by atoms with Crippen LogP contribution in [-0.2, 0) is 11.3 Å². The van der Waals surface area contributed by atoms with Gasteiger partial charge in [0.05, 0.1) is 12.6 Å². The summed E-state index contributed by atoms with van der Waals surface area (Å²) in [6.45, 7) is 8.13. The maximum absolute atomic E-state index is 5.50. The molecular formula is C16H26N2O. The van der Waals surface area contributed by atoms with Gasteiger partial charge in [0.1, 0.15) is 0 Å². The number of benzene rings is 1. The first-order chi connectivity index (χ1) is 9.22. The molecule has 3 nitrogen and oxygen atoms in total. The van der Waals surface area contributed by atoms with Crippen LogP contribution in [0, 0.1) is 6.92 Å². The van der Waals surface area contributed by atoms with Gasteiger partial charge in [-0.1, -0.05) is 24.6 Å². The maximum Gasteiger partial charge on any atom is 0.0670 e. The van der Waals surface area contributed by atoms with Crippen LogP contribution in [-0.4, -0.2) is 32.8 Å². The van der Waals surface area contributed by atoms with E-state index in [0.717, 1.165) is 32.7 Å². The molecule has 1 aliphatic heterocycles. The van der Waals surface area contributed by atoms with E-state index in [1.807, 2.05) is 0 Å². The van der Waals surface area contributed by atoms with E-state index in [2.05, 4.69) is 49.3 Å². The molecule has 1 saturated heterocycles. The lowest BCUT2D eigenvalue weighted by atomic mass is 10.1. The molecule has 1 unspecified atom stereocenters. The minimum absolute atomic E-state index is 0.521. The van der Waals surface area contributed by atoms with E-state index in [0.29, 0.717) is 6.04 Å². The van der Waals surface area contributed by atoms with E-state index < -0.39 is 0 Å². The van der Waals surface area contributed by atoms with Gasteiger partial charge in [-0.15, -0.1) is 0 Å². The van der Waals surface area contributed by atoms with Gasteiger partial charge in [0.2, 0.25) is 0 Å². The fourth-order valence-electron chi connectivity index (χ4n) is 2.62. The minimum Gasteiger partial charge on any atom is -0.379 e. The molecule has 0 saturated carbocycles. The number of rotatable bonds is 6. The van der Waals surface area contributed by atoms with E-state index in [4.69, 9.17) is 4.74 Å². The lowest BCUT2D eigenvalue weighted by molar-refractivity contribution is 0.193. The zero-order valence-electron chi connectivity index (χ0n) is 12.4. The molecule has 1 aliphatic rings. The first-order valence-electron chi connectivity index (χ1n) is 7.33. The zero-order valence-corrected chi connectivity index (χ0v) is 12.4. The van der Waals surface area contributed by atoms with Crippen molar-refractivity contribution in [1.29, 1.82) is 0 Å². The second-order valence-electron chi connectivity index (χ2n) is 5.44. The lowest BCUT2D eigenvalue weighted by Crippen LogP contribution is -2.33. The molecule has 0 amide bonds. The van der Waals surface area contributed by atoms with Gasteiger partial charge in [-0.3, -0.25) is 0 Å². The Hall–Kier alpha value is -1.06. The molecule has 0 aromatic heterocycles. The van der Waals surface area contributed by atoms with Gasteiger partial charge in [0.15, 0.2) is 0 Å². The van der Waals surface area contributed by atoms with Crippen molar-refractivity contribution in [2.24, 2.45) is 0 Å². The Morgan fingerprint density at radius 2 is 2.26 bits per heavy atom. The average molecular weight is 262 g/mol. The Morgan fingerprint density at radius 1 is 1.42 bits per heavy atom. The highest BCUT2D eigenvalue weighted by Gasteiger charge is 2.22. The van der Waals surface area contributed by atoms with Gasteiger partial charge in [0, 0.05) is 25.9 Å². The summed E-state index contributed by atoms with van der Waals surface area (Å²) in [5.74, 6) is 0. The number of anilines is 1. The van der Waals surface area contributed by atoms with Crippen LogP contribution in [0.4, 0.5) is 5.69 Å². The van der Waals surface area contributed by atoms with E-state index in [-0.39, 0.29) is 0 Å². The van der Waals surface area contributed by atoms with Crippen LogP contribution in [0.5, 0.6) is 0 Å². The fraction of sp³-hybridized carbons (Fsp3) is 0.625. The number of hydrogen-bond acceptors (Lipinski definition) is 3. The fourth-order valence-corrected chi connectivity index (χ4v) is 2.62. The van der Waals surface area contributed by atoms with Crippen LogP contribution in [0.3, 0.4) is 0 Å². The topological polar surface area (TPSA) is 24.5 Å². The largest absolute Gasteiger partial charge is 0.379 e. The Bertz CT molecular complexity index is 400. The van der Waals surface area contributed by atoms with Crippen LogP contribution >= 0.6 is 0 Å². The quantitative estimate of drug-likeness (QED) is 0.798. The summed E-state index contributed by atoms with van der Waals surface area (Å²) in [6, 6.07) is 7.26. The molecule has 0 radical (unpaired) electrons. The van der Waals surface area contributed by atoms with E-state index in [1.54, 1.807) is 0 Å². The first-order valence-corrected chi connectivity index (χ1v) is 7.33. The van der Waals surface area contributed by atoms with Crippen LogP contribution in [0.1, 0.15) is 30.9 Å². The average Bonchev–Trinajstić information content (AvgIpc) is 2.92. The highest BCUT2D eigenvalue weighted by atomic mass is 16.5. The molecule has 19 heavy (non-hydrogen) atoms. The van der Waals surface area contributed by atoms with Crippen molar-refractivity contribution in [3.8, 4) is 0 Å². The van der Waals surface area contributed by atoms with Gasteiger partial charge in [-0.05, 0) is 37.9 Å². The third kappa shape index (κ3) is 3.71. The molecule has 0 spiro atoms. The van der Waals surface area contributed by atoms with Gasteiger partial charge >= 0.3 is 0 Å². The SMILES string of the molecule is CCCNCc1cc(C)ccc1N(C)C1CCOC1. The summed E-state index contributed by atoms with van der Waals surface area (Å²) in [5, 5.41) is 3.51. The Morgan fingerprint density at radius 3 is 2.95 bits per heavy atom. The Kier molecular flexibility index (Phi) is 5.23. The molecule has 1 atom stereocenters. The molecule has 1 aromatic rings. The van der Waals surface area contributed by atoms with Gasteiger partial charge < -0.3 is 15.0 Å². The molecule has 0 bridgehead atoms. The van der Waals surface area contributed by atoms with Crippen molar-refractivity contribution in [2.45, 2.75) is 39.3 Å². The van der Waals surface area contributed by atoms with Crippen molar-refractivity contribution in [3.63, 3.8) is 0 Å². The summed E-state index contributed by atoms with van der Waals surface area (Å²) >= 11 is 0. The monoisotopic (exact) mass is 262 g/mol. The third-order valence-corrected chi connectivity index (χ3v) is 3.81. The molecule has 1 N–H and O–H groups in total. The van der Waals surface area contributed by atoms with Crippen LogP contribution in [0.25, 0.3) is 0 Å². The van der Waals surface area contributed by atoms with Crippen LogP contribution < -0.4 is 10.2 Å². The summed E-state index contributed by atoms with van der Waals surface area (Å²) in [6.07, 6.45) is 2.31. The Labute approximate surface area is 116 Å². The first kappa shape index (κ1) is 14.4. The van der Waals surface area contributed by atoms with E-state index >= 15 is 0 Å². The van der Waals surface area contributed by atoms with Crippen molar-refractivity contribution < 1.29 is 4.74 Å². The minimum atomic E-state index is 0.521.